The van der Waals surface area contributed by atoms with Crippen molar-refractivity contribution >= 4 is 0 Å². The number of nitrogens with zero attached hydrogens (tertiary/aromatic N) is 2. The van der Waals surface area contributed by atoms with Gasteiger partial charge in [0.1, 0.15) is 18.1 Å². The van der Waals surface area contributed by atoms with E-state index in [1.807, 2.05) is 24.0 Å². The molecule has 0 aliphatic carbocycles. The van der Waals surface area contributed by atoms with Crippen LogP contribution in [0.1, 0.15) is 35.7 Å². The molecule has 1 atom stereocenters. The van der Waals surface area contributed by atoms with Crippen LogP contribution in [0.25, 0.3) is 0 Å². The lowest BCUT2D eigenvalue weighted by molar-refractivity contribution is 0.242. The summed E-state index contributed by atoms with van der Waals surface area (Å²) >= 11 is 0. The number of hydrogen-bond acceptors (Lipinski definition) is 4. The first-order valence-electron chi connectivity index (χ1n) is 6.02. The minimum absolute atomic E-state index is 0.0583. The van der Waals surface area contributed by atoms with Crippen LogP contribution in [0.3, 0.4) is 0 Å². The molecule has 2 rings (SSSR count). The Kier molecular flexibility index (Phi) is 3.84. The fourth-order valence-electron chi connectivity index (χ4n) is 1.91. The molecule has 1 unspecified atom stereocenters. The van der Waals surface area contributed by atoms with Crippen molar-refractivity contribution in [2.24, 2.45) is 7.05 Å². The Balaban J connectivity index is 1.95. The number of aromatic nitrogens is 2. The minimum Gasteiger partial charge on any atom is -0.462 e. The largest absolute Gasteiger partial charge is 0.462 e. The second-order valence-corrected chi connectivity index (χ2v) is 4.44. The summed E-state index contributed by atoms with van der Waals surface area (Å²) in [7, 11) is 1.94. The van der Waals surface area contributed by atoms with E-state index in [9.17, 15) is 0 Å². The summed E-state index contributed by atoms with van der Waals surface area (Å²) in [5.41, 5.74) is 2.34. The van der Waals surface area contributed by atoms with Crippen LogP contribution in [-0.2, 0) is 20.2 Å². The van der Waals surface area contributed by atoms with Crippen molar-refractivity contribution in [1.29, 1.82) is 0 Å². The molecule has 98 valence electrons. The van der Waals surface area contributed by atoms with Crippen molar-refractivity contribution in [3.8, 4) is 0 Å². The summed E-state index contributed by atoms with van der Waals surface area (Å²) in [5.74, 6) is 1.42. The van der Waals surface area contributed by atoms with Gasteiger partial charge in [-0.05, 0) is 26.0 Å². The Labute approximate surface area is 106 Å². The topological polar surface area (TPSA) is 63.2 Å². The van der Waals surface area contributed by atoms with Crippen molar-refractivity contribution in [2.75, 3.05) is 0 Å². The van der Waals surface area contributed by atoms with Gasteiger partial charge in [-0.1, -0.05) is 0 Å². The van der Waals surface area contributed by atoms with E-state index in [1.165, 1.54) is 5.56 Å². The van der Waals surface area contributed by atoms with Gasteiger partial charge in [-0.2, -0.15) is 5.10 Å². The van der Waals surface area contributed by atoms with E-state index in [2.05, 4.69) is 24.3 Å². The number of furan rings is 1. The van der Waals surface area contributed by atoms with Gasteiger partial charge in [0.15, 0.2) is 0 Å². The average Bonchev–Trinajstić information content (AvgIpc) is 2.95. The molecule has 2 heterocycles. The quantitative estimate of drug-likeness (QED) is 0.846. The number of hydrogen-bond donors (Lipinski definition) is 2. The van der Waals surface area contributed by atoms with Gasteiger partial charge in [0.2, 0.25) is 0 Å². The van der Waals surface area contributed by atoms with Gasteiger partial charge in [0, 0.05) is 24.3 Å². The van der Waals surface area contributed by atoms with Gasteiger partial charge in [0.05, 0.1) is 12.7 Å². The third-order valence-electron chi connectivity index (χ3n) is 3.20. The van der Waals surface area contributed by atoms with E-state index in [4.69, 9.17) is 9.52 Å². The highest BCUT2D eigenvalue weighted by Gasteiger charge is 2.12. The molecule has 0 saturated carbocycles. The van der Waals surface area contributed by atoms with Gasteiger partial charge >= 0.3 is 0 Å². The lowest BCUT2D eigenvalue weighted by Gasteiger charge is -2.12. The maximum absolute atomic E-state index is 8.92. The highest BCUT2D eigenvalue weighted by Crippen LogP contribution is 2.17. The Bertz CT molecular complexity index is 516. The summed E-state index contributed by atoms with van der Waals surface area (Å²) in [6.45, 7) is 4.73. The third kappa shape index (κ3) is 2.63. The van der Waals surface area contributed by atoms with Crippen LogP contribution in [0.15, 0.2) is 22.7 Å². The van der Waals surface area contributed by atoms with E-state index in [1.54, 1.807) is 6.07 Å². The average molecular weight is 249 g/mol. The van der Waals surface area contributed by atoms with Gasteiger partial charge in [-0.15, -0.1) is 0 Å². The van der Waals surface area contributed by atoms with E-state index >= 15 is 0 Å². The van der Waals surface area contributed by atoms with E-state index in [0.29, 0.717) is 12.3 Å². The lowest BCUT2D eigenvalue weighted by Crippen LogP contribution is -2.18. The fraction of sp³-hybridized carbons (Fsp3) is 0.462. The molecule has 5 nitrogen and oxygen atoms in total. The van der Waals surface area contributed by atoms with Crippen LogP contribution in [0.2, 0.25) is 0 Å². The summed E-state index contributed by atoms with van der Waals surface area (Å²) in [4.78, 5) is 0. The van der Waals surface area contributed by atoms with Crippen molar-refractivity contribution in [2.45, 2.75) is 33.0 Å². The molecule has 2 N–H and O–H groups in total. The number of aliphatic hydroxyl groups excluding tert-OH is 1. The number of aliphatic hydroxyl groups is 1. The molecular weight excluding hydrogens is 230 g/mol. The zero-order chi connectivity index (χ0) is 13.1. The molecule has 0 aliphatic rings. The predicted molar refractivity (Wildman–Crippen MR) is 67.8 cm³/mol. The first-order valence-corrected chi connectivity index (χ1v) is 6.02. The molecule has 0 spiro atoms. The SMILES string of the molecule is Cc1c(C(C)NCc2ccc(CO)o2)cnn1C. The van der Waals surface area contributed by atoms with Gasteiger partial charge in [-0.3, -0.25) is 4.68 Å². The summed E-state index contributed by atoms with van der Waals surface area (Å²) in [6, 6.07) is 3.87. The van der Waals surface area contributed by atoms with E-state index in [0.717, 1.165) is 11.5 Å². The first kappa shape index (κ1) is 12.9. The highest BCUT2D eigenvalue weighted by molar-refractivity contribution is 5.19. The maximum atomic E-state index is 8.92. The second-order valence-electron chi connectivity index (χ2n) is 4.44. The van der Waals surface area contributed by atoms with Crippen molar-refractivity contribution in [3.63, 3.8) is 0 Å². The van der Waals surface area contributed by atoms with Gasteiger partial charge in [0.25, 0.3) is 0 Å². The molecule has 0 bridgehead atoms. The monoisotopic (exact) mass is 249 g/mol. The predicted octanol–water partition coefficient (Wildman–Crippen LogP) is 1.66. The third-order valence-corrected chi connectivity index (χ3v) is 3.20. The molecule has 2 aromatic rings. The first-order chi connectivity index (χ1) is 8.61. The molecule has 0 aromatic carbocycles. The molecule has 2 aromatic heterocycles. The van der Waals surface area contributed by atoms with Crippen molar-refractivity contribution < 1.29 is 9.52 Å². The van der Waals surface area contributed by atoms with Gasteiger partial charge in [-0.25, -0.2) is 0 Å². The molecule has 0 amide bonds. The smallest absolute Gasteiger partial charge is 0.129 e. The molecule has 18 heavy (non-hydrogen) atoms. The van der Waals surface area contributed by atoms with Crippen LogP contribution in [-0.4, -0.2) is 14.9 Å². The molecule has 0 fully saturated rings. The molecule has 0 radical (unpaired) electrons. The normalized spacial score (nSPS) is 12.9. The minimum atomic E-state index is -0.0583. The Hall–Kier alpha value is -1.59. The number of aryl methyl sites for hydroxylation is 1. The zero-order valence-electron chi connectivity index (χ0n) is 11.0. The standard InChI is InChI=1S/C13H19N3O2/c1-9(13-7-15-16(3)10(13)2)14-6-11-4-5-12(8-17)18-11/h4-5,7,9,14,17H,6,8H2,1-3H3. The van der Waals surface area contributed by atoms with E-state index in [-0.39, 0.29) is 12.6 Å². The fourth-order valence-corrected chi connectivity index (χ4v) is 1.91. The molecule has 0 aliphatic heterocycles. The molecular formula is C13H19N3O2. The Morgan fingerprint density at radius 1 is 1.44 bits per heavy atom. The number of nitrogens with one attached hydrogen (secondary N) is 1. The maximum Gasteiger partial charge on any atom is 0.129 e. The summed E-state index contributed by atoms with van der Waals surface area (Å²) in [5, 5.41) is 16.5. The van der Waals surface area contributed by atoms with Crippen LogP contribution in [0.4, 0.5) is 0 Å². The Morgan fingerprint density at radius 3 is 2.72 bits per heavy atom. The van der Waals surface area contributed by atoms with Crippen LogP contribution >= 0.6 is 0 Å². The summed E-state index contributed by atoms with van der Waals surface area (Å²) < 4.78 is 7.29. The zero-order valence-corrected chi connectivity index (χ0v) is 11.0. The van der Waals surface area contributed by atoms with E-state index < -0.39 is 0 Å². The van der Waals surface area contributed by atoms with Gasteiger partial charge < -0.3 is 14.8 Å². The van der Waals surface area contributed by atoms with Crippen LogP contribution in [0, 0.1) is 6.92 Å². The lowest BCUT2D eigenvalue weighted by atomic mass is 10.1. The van der Waals surface area contributed by atoms with Crippen molar-refractivity contribution in [3.05, 3.63) is 41.1 Å². The molecule has 0 saturated heterocycles. The van der Waals surface area contributed by atoms with Crippen molar-refractivity contribution in [1.82, 2.24) is 15.1 Å². The number of rotatable bonds is 5. The van der Waals surface area contributed by atoms with Crippen LogP contribution in [0.5, 0.6) is 0 Å². The van der Waals surface area contributed by atoms with Crippen LogP contribution < -0.4 is 5.32 Å². The highest BCUT2D eigenvalue weighted by atomic mass is 16.4. The summed E-state index contributed by atoms with van der Waals surface area (Å²) in [6.07, 6.45) is 1.88. The Morgan fingerprint density at radius 2 is 2.17 bits per heavy atom. The second kappa shape index (κ2) is 5.37. The molecule has 5 heteroatoms.